The zero-order valence-corrected chi connectivity index (χ0v) is 18.9. The van der Waals surface area contributed by atoms with E-state index < -0.39 is 0 Å². The largest absolute Gasteiger partial charge is 0.356 e. The van der Waals surface area contributed by atoms with E-state index in [0.29, 0.717) is 19.0 Å². The molecule has 1 aliphatic rings. The summed E-state index contributed by atoms with van der Waals surface area (Å²) < 4.78 is 15.7. The molecule has 6 nitrogen and oxygen atoms in total. The third-order valence-corrected chi connectivity index (χ3v) is 5.20. The van der Waals surface area contributed by atoms with E-state index in [-0.39, 0.29) is 29.8 Å². The highest BCUT2D eigenvalue weighted by Crippen LogP contribution is 2.19. The lowest BCUT2D eigenvalue weighted by atomic mass is 9.96. The van der Waals surface area contributed by atoms with Crippen LogP contribution in [0, 0.1) is 11.7 Å². The number of aromatic nitrogens is 2. The lowest BCUT2D eigenvalue weighted by Crippen LogP contribution is -2.42. The molecule has 0 radical (unpaired) electrons. The summed E-state index contributed by atoms with van der Waals surface area (Å²) in [6, 6.07) is 9.05. The van der Waals surface area contributed by atoms with Gasteiger partial charge in [0.15, 0.2) is 5.96 Å². The van der Waals surface area contributed by atoms with Crippen LogP contribution in [-0.4, -0.2) is 47.3 Å². The number of hydrogen-bond donors (Lipinski definition) is 2. The molecular formula is C20H30FIN6. The number of likely N-dealkylation sites (tertiary alicyclic amines) is 1. The van der Waals surface area contributed by atoms with Crippen LogP contribution < -0.4 is 10.6 Å². The van der Waals surface area contributed by atoms with Crippen LogP contribution in [0.3, 0.4) is 0 Å². The van der Waals surface area contributed by atoms with E-state index in [9.17, 15) is 4.39 Å². The highest BCUT2D eigenvalue weighted by molar-refractivity contribution is 14.0. The fourth-order valence-electron chi connectivity index (χ4n) is 3.43. The van der Waals surface area contributed by atoms with Crippen LogP contribution in [0.5, 0.6) is 0 Å². The standard InChI is InChI=1S/C20H29FN6.HI/c1-22-20(24-14-18-7-10-25-26(18)2)23-13-16-8-11-27(12-9-16)15-17-5-3-4-6-19(17)21;/h3-7,10,16H,8-9,11-15H2,1-2H3,(H2,22,23,24);1H. The summed E-state index contributed by atoms with van der Waals surface area (Å²) >= 11 is 0. The monoisotopic (exact) mass is 500 g/mol. The number of hydrogen-bond acceptors (Lipinski definition) is 3. The predicted molar refractivity (Wildman–Crippen MR) is 121 cm³/mol. The number of guanidine groups is 1. The van der Waals surface area contributed by atoms with Crippen LogP contribution in [-0.2, 0) is 20.1 Å². The summed E-state index contributed by atoms with van der Waals surface area (Å²) in [5.74, 6) is 1.31. The van der Waals surface area contributed by atoms with Gasteiger partial charge in [-0.05, 0) is 44.0 Å². The van der Waals surface area contributed by atoms with Crippen molar-refractivity contribution < 1.29 is 4.39 Å². The zero-order chi connectivity index (χ0) is 19.1. The number of piperidine rings is 1. The van der Waals surface area contributed by atoms with Gasteiger partial charge in [0.25, 0.3) is 0 Å². The van der Waals surface area contributed by atoms with Crippen LogP contribution in [0.25, 0.3) is 0 Å². The molecule has 2 N–H and O–H groups in total. The predicted octanol–water partition coefficient (Wildman–Crippen LogP) is 2.75. The molecule has 154 valence electrons. The molecule has 1 fully saturated rings. The molecule has 28 heavy (non-hydrogen) atoms. The molecule has 0 bridgehead atoms. The maximum Gasteiger partial charge on any atom is 0.191 e. The summed E-state index contributed by atoms with van der Waals surface area (Å²) in [7, 11) is 3.72. The van der Waals surface area contributed by atoms with Gasteiger partial charge in [0.1, 0.15) is 5.82 Å². The minimum atomic E-state index is -0.107. The highest BCUT2D eigenvalue weighted by atomic mass is 127. The summed E-state index contributed by atoms with van der Waals surface area (Å²) in [6.45, 7) is 4.29. The van der Waals surface area contributed by atoms with Crippen LogP contribution in [0.1, 0.15) is 24.1 Å². The van der Waals surface area contributed by atoms with Gasteiger partial charge in [0, 0.05) is 38.9 Å². The third-order valence-electron chi connectivity index (χ3n) is 5.20. The molecule has 1 aromatic heterocycles. The Morgan fingerprint density at radius 3 is 2.61 bits per heavy atom. The fraction of sp³-hybridized carbons (Fsp3) is 0.500. The lowest BCUT2D eigenvalue weighted by Gasteiger charge is -2.32. The number of rotatable bonds is 6. The Kier molecular flexibility index (Phi) is 9.17. The van der Waals surface area contributed by atoms with E-state index in [1.54, 1.807) is 19.3 Å². The van der Waals surface area contributed by atoms with Crippen molar-refractivity contribution >= 4 is 29.9 Å². The van der Waals surface area contributed by atoms with E-state index in [1.807, 2.05) is 29.9 Å². The fourth-order valence-corrected chi connectivity index (χ4v) is 3.43. The second kappa shape index (κ2) is 11.4. The lowest BCUT2D eigenvalue weighted by molar-refractivity contribution is 0.176. The Labute approximate surface area is 183 Å². The van der Waals surface area contributed by atoms with Crippen molar-refractivity contribution in [1.29, 1.82) is 0 Å². The van der Waals surface area contributed by atoms with Crippen molar-refractivity contribution in [3.63, 3.8) is 0 Å². The van der Waals surface area contributed by atoms with Crippen LogP contribution in [0.2, 0.25) is 0 Å². The Bertz CT molecular complexity index is 755. The van der Waals surface area contributed by atoms with Crippen molar-refractivity contribution in [2.24, 2.45) is 18.0 Å². The number of benzene rings is 1. The minimum Gasteiger partial charge on any atom is -0.356 e. The molecule has 0 saturated carbocycles. The summed E-state index contributed by atoms with van der Waals surface area (Å²) in [4.78, 5) is 6.63. The molecule has 0 spiro atoms. The topological polar surface area (TPSA) is 57.5 Å². The van der Waals surface area contributed by atoms with E-state index >= 15 is 0 Å². The van der Waals surface area contributed by atoms with Gasteiger partial charge in [-0.1, -0.05) is 18.2 Å². The van der Waals surface area contributed by atoms with E-state index in [2.05, 4.69) is 25.6 Å². The molecule has 0 amide bonds. The first-order valence-corrected chi connectivity index (χ1v) is 9.53. The first-order valence-electron chi connectivity index (χ1n) is 9.53. The average Bonchev–Trinajstić information content (AvgIpc) is 3.10. The zero-order valence-electron chi connectivity index (χ0n) is 16.6. The van der Waals surface area contributed by atoms with Gasteiger partial charge in [-0.3, -0.25) is 14.6 Å². The van der Waals surface area contributed by atoms with Gasteiger partial charge < -0.3 is 10.6 Å². The van der Waals surface area contributed by atoms with Crippen molar-refractivity contribution in [1.82, 2.24) is 25.3 Å². The number of nitrogens with one attached hydrogen (secondary N) is 2. The Morgan fingerprint density at radius 2 is 1.96 bits per heavy atom. The molecule has 2 heterocycles. The molecule has 0 aliphatic carbocycles. The summed E-state index contributed by atoms with van der Waals surface area (Å²) in [5, 5.41) is 10.9. The minimum absolute atomic E-state index is 0. The number of aryl methyl sites for hydroxylation is 1. The molecule has 3 rings (SSSR count). The average molecular weight is 500 g/mol. The van der Waals surface area contributed by atoms with Gasteiger partial charge >= 0.3 is 0 Å². The normalized spacial score (nSPS) is 15.9. The summed E-state index contributed by atoms with van der Waals surface area (Å²) in [5.41, 5.74) is 1.90. The van der Waals surface area contributed by atoms with Gasteiger partial charge in [-0.2, -0.15) is 5.10 Å². The van der Waals surface area contributed by atoms with Crippen molar-refractivity contribution in [2.75, 3.05) is 26.7 Å². The highest BCUT2D eigenvalue weighted by Gasteiger charge is 2.20. The van der Waals surface area contributed by atoms with E-state index in [1.165, 1.54) is 6.07 Å². The Hall–Kier alpha value is -1.68. The smallest absolute Gasteiger partial charge is 0.191 e. The summed E-state index contributed by atoms with van der Waals surface area (Å²) in [6.07, 6.45) is 4.02. The Balaban J connectivity index is 0.00000280. The van der Waals surface area contributed by atoms with Crippen LogP contribution >= 0.6 is 24.0 Å². The van der Waals surface area contributed by atoms with Crippen molar-refractivity contribution in [2.45, 2.75) is 25.9 Å². The van der Waals surface area contributed by atoms with E-state index in [4.69, 9.17) is 0 Å². The molecule has 1 aromatic carbocycles. The first-order chi connectivity index (χ1) is 13.2. The second-order valence-corrected chi connectivity index (χ2v) is 7.06. The first kappa shape index (κ1) is 22.6. The molecule has 0 unspecified atom stereocenters. The van der Waals surface area contributed by atoms with Crippen molar-refractivity contribution in [3.05, 3.63) is 53.6 Å². The molecule has 8 heteroatoms. The number of nitrogens with zero attached hydrogens (tertiary/aromatic N) is 4. The van der Waals surface area contributed by atoms with Crippen LogP contribution in [0.15, 0.2) is 41.5 Å². The number of aliphatic imine (C=N–C) groups is 1. The van der Waals surface area contributed by atoms with Gasteiger partial charge in [0.2, 0.25) is 0 Å². The van der Waals surface area contributed by atoms with Crippen LogP contribution in [0.4, 0.5) is 4.39 Å². The van der Waals surface area contributed by atoms with E-state index in [0.717, 1.165) is 49.7 Å². The molecular weight excluding hydrogens is 470 g/mol. The van der Waals surface area contributed by atoms with Crippen molar-refractivity contribution in [3.8, 4) is 0 Å². The molecule has 1 aliphatic heterocycles. The van der Waals surface area contributed by atoms with Gasteiger partial charge in [0.05, 0.1) is 12.2 Å². The quantitative estimate of drug-likeness (QED) is 0.364. The van der Waals surface area contributed by atoms with Gasteiger partial charge in [-0.15, -0.1) is 24.0 Å². The third kappa shape index (κ3) is 6.44. The SMILES string of the molecule is CN=C(NCc1ccnn1C)NCC1CCN(Cc2ccccc2F)CC1.I. The molecule has 0 atom stereocenters. The number of halogens is 2. The Morgan fingerprint density at radius 1 is 1.21 bits per heavy atom. The second-order valence-electron chi connectivity index (χ2n) is 7.06. The molecule has 1 saturated heterocycles. The maximum atomic E-state index is 13.8. The molecule has 2 aromatic rings. The maximum absolute atomic E-state index is 13.8. The van der Waals surface area contributed by atoms with Gasteiger partial charge in [-0.25, -0.2) is 4.39 Å².